The van der Waals surface area contributed by atoms with Crippen LogP contribution < -0.4 is 10.6 Å². The summed E-state index contributed by atoms with van der Waals surface area (Å²) in [5.74, 6) is 0. The summed E-state index contributed by atoms with van der Waals surface area (Å²) in [5.41, 5.74) is 2.42. The van der Waals surface area contributed by atoms with E-state index in [1.807, 2.05) is 6.07 Å². The molecule has 1 aliphatic heterocycles. The van der Waals surface area contributed by atoms with Gasteiger partial charge in [0.15, 0.2) is 0 Å². The van der Waals surface area contributed by atoms with E-state index >= 15 is 0 Å². The molecule has 0 spiro atoms. The molecule has 2 heteroatoms. The van der Waals surface area contributed by atoms with Gasteiger partial charge in [0, 0.05) is 18.3 Å². The first-order valence-corrected chi connectivity index (χ1v) is 5.56. The SMILES string of the molecule is C=C(NCc1ccccc1)C1CCCN1. The molecule has 0 aromatic heterocycles. The number of benzene rings is 1. The highest BCUT2D eigenvalue weighted by Crippen LogP contribution is 2.11. The van der Waals surface area contributed by atoms with E-state index in [2.05, 4.69) is 41.5 Å². The highest BCUT2D eigenvalue weighted by atomic mass is 15.0. The monoisotopic (exact) mass is 202 g/mol. The third-order valence-electron chi connectivity index (χ3n) is 2.84. The molecule has 0 aliphatic carbocycles. The third kappa shape index (κ3) is 2.83. The van der Waals surface area contributed by atoms with Crippen molar-refractivity contribution in [1.82, 2.24) is 10.6 Å². The van der Waals surface area contributed by atoms with Crippen molar-refractivity contribution in [3.63, 3.8) is 0 Å². The molecule has 1 heterocycles. The summed E-state index contributed by atoms with van der Waals surface area (Å²) in [6.45, 7) is 6.07. The van der Waals surface area contributed by atoms with Gasteiger partial charge in [0.05, 0.1) is 0 Å². The molecule has 1 aliphatic rings. The van der Waals surface area contributed by atoms with Crippen molar-refractivity contribution in [2.75, 3.05) is 6.54 Å². The van der Waals surface area contributed by atoms with Crippen LogP contribution >= 0.6 is 0 Å². The maximum Gasteiger partial charge on any atom is 0.0464 e. The van der Waals surface area contributed by atoms with E-state index in [-0.39, 0.29) is 0 Å². The van der Waals surface area contributed by atoms with Gasteiger partial charge in [-0.05, 0) is 24.9 Å². The smallest absolute Gasteiger partial charge is 0.0464 e. The first kappa shape index (κ1) is 10.2. The third-order valence-corrected chi connectivity index (χ3v) is 2.84. The van der Waals surface area contributed by atoms with Crippen molar-refractivity contribution in [1.29, 1.82) is 0 Å². The van der Waals surface area contributed by atoms with Crippen LogP contribution in [0.2, 0.25) is 0 Å². The molecule has 0 saturated carbocycles. The highest BCUT2D eigenvalue weighted by molar-refractivity contribution is 5.16. The van der Waals surface area contributed by atoms with Gasteiger partial charge < -0.3 is 10.6 Å². The summed E-state index contributed by atoms with van der Waals surface area (Å²) in [4.78, 5) is 0. The van der Waals surface area contributed by atoms with Crippen LogP contribution in [0.25, 0.3) is 0 Å². The van der Waals surface area contributed by atoms with E-state index in [0.29, 0.717) is 6.04 Å². The Morgan fingerprint density at radius 2 is 2.20 bits per heavy atom. The maximum absolute atomic E-state index is 4.08. The van der Waals surface area contributed by atoms with Gasteiger partial charge in [-0.1, -0.05) is 36.9 Å². The Hall–Kier alpha value is -1.28. The van der Waals surface area contributed by atoms with Gasteiger partial charge >= 0.3 is 0 Å². The standard InChI is InChI=1S/C13H18N2/c1-11(13-8-5-9-14-13)15-10-12-6-3-2-4-7-12/h2-4,6-7,13-15H,1,5,8-10H2. The number of hydrogen-bond acceptors (Lipinski definition) is 2. The lowest BCUT2D eigenvalue weighted by Crippen LogP contribution is -2.30. The molecule has 1 aromatic rings. The van der Waals surface area contributed by atoms with E-state index < -0.39 is 0 Å². The van der Waals surface area contributed by atoms with Gasteiger partial charge in [0.25, 0.3) is 0 Å². The predicted octanol–water partition coefficient (Wildman–Crippen LogP) is 2.04. The number of hydrogen-bond donors (Lipinski definition) is 2. The molecule has 15 heavy (non-hydrogen) atoms. The van der Waals surface area contributed by atoms with E-state index in [4.69, 9.17) is 0 Å². The Balaban J connectivity index is 1.80. The van der Waals surface area contributed by atoms with Crippen LogP contribution in [0, 0.1) is 0 Å². The Morgan fingerprint density at radius 1 is 1.40 bits per heavy atom. The predicted molar refractivity (Wildman–Crippen MR) is 63.4 cm³/mol. The molecular weight excluding hydrogens is 184 g/mol. The highest BCUT2D eigenvalue weighted by Gasteiger charge is 2.16. The minimum absolute atomic E-state index is 0.466. The van der Waals surface area contributed by atoms with E-state index in [0.717, 1.165) is 18.8 Å². The Kier molecular flexibility index (Phi) is 3.41. The molecule has 1 saturated heterocycles. The van der Waals surface area contributed by atoms with Crippen LogP contribution in [0.3, 0.4) is 0 Å². The zero-order valence-electron chi connectivity index (χ0n) is 9.00. The van der Waals surface area contributed by atoms with Crippen LogP contribution in [-0.2, 0) is 6.54 Å². The Bertz CT molecular complexity index is 313. The van der Waals surface area contributed by atoms with Crippen molar-refractivity contribution in [3.8, 4) is 0 Å². The van der Waals surface area contributed by atoms with Crippen LogP contribution in [0.5, 0.6) is 0 Å². The molecular formula is C13H18N2. The summed E-state index contributed by atoms with van der Waals surface area (Å²) >= 11 is 0. The number of nitrogens with one attached hydrogen (secondary N) is 2. The molecule has 1 aromatic carbocycles. The van der Waals surface area contributed by atoms with E-state index in [1.54, 1.807) is 0 Å². The second-order valence-electron chi connectivity index (χ2n) is 4.01. The average molecular weight is 202 g/mol. The van der Waals surface area contributed by atoms with Gasteiger partial charge in [-0.25, -0.2) is 0 Å². The quantitative estimate of drug-likeness (QED) is 0.780. The first-order chi connectivity index (χ1) is 7.36. The second kappa shape index (κ2) is 4.99. The van der Waals surface area contributed by atoms with E-state index in [1.165, 1.54) is 18.4 Å². The summed E-state index contributed by atoms with van der Waals surface area (Å²) in [7, 11) is 0. The molecule has 0 radical (unpaired) electrons. The molecule has 1 fully saturated rings. The van der Waals surface area contributed by atoms with Crippen LogP contribution in [0.1, 0.15) is 18.4 Å². The molecule has 1 unspecified atom stereocenters. The van der Waals surface area contributed by atoms with Gasteiger partial charge in [0.2, 0.25) is 0 Å². The number of rotatable bonds is 4. The summed E-state index contributed by atoms with van der Waals surface area (Å²) in [6.07, 6.45) is 2.47. The lowest BCUT2D eigenvalue weighted by Gasteiger charge is -2.16. The molecule has 2 rings (SSSR count). The fourth-order valence-corrected chi connectivity index (χ4v) is 1.92. The minimum atomic E-state index is 0.466. The van der Waals surface area contributed by atoms with Gasteiger partial charge in [-0.15, -0.1) is 0 Å². The summed E-state index contributed by atoms with van der Waals surface area (Å²) in [6, 6.07) is 10.9. The molecule has 0 amide bonds. The van der Waals surface area contributed by atoms with Crippen molar-refractivity contribution >= 4 is 0 Å². The zero-order valence-corrected chi connectivity index (χ0v) is 9.00. The van der Waals surface area contributed by atoms with Crippen molar-refractivity contribution < 1.29 is 0 Å². The van der Waals surface area contributed by atoms with Crippen molar-refractivity contribution in [3.05, 3.63) is 48.2 Å². The fraction of sp³-hybridized carbons (Fsp3) is 0.385. The molecule has 0 bridgehead atoms. The summed E-state index contributed by atoms with van der Waals surface area (Å²) < 4.78 is 0. The normalized spacial score (nSPS) is 20.1. The maximum atomic E-state index is 4.08. The fourth-order valence-electron chi connectivity index (χ4n) is 1.92. The van der Waals surface area contributed by atoms with Crippen LogP contribution in [-0.4, -0.2) is 12.6 Å². The molecule has 1 atom stereocenters. The minimum Gasteiger partial charge on any atom is -0.383 e. The molecule has 2 N–H and O–H groups in total. The topological polar surface area (TPSA) is 24.1 Å². The largest absolute Gasteiger partial charge is 0.383 e. The van der Waals surface area contributed by atoms with Crippen LogP contribution in [0.4, 0.5) is 0 Å². The Labute approximate surface area is 91.4 Å². The Morgan fingerprint density at radius 3 is 2.87 bits per heavy atom. The second-order valence-corrected chi connectivity index (χ2v) is 4.01. The lowest BCUT2D eigenvalue weighted by molar-refractivity contribution is 0.621. The van der Waals surface area contributed by atoms with E-state index in [9.17, 15) is 0 Å². The summed E-state index contributed by atoms with van der Waals surface area (Å²) in [5, 5.41) is 6.81. The molecule has 80 valence electrons. The van der Waals surface area contributed by atoms with Gasteiger partial charge in [0.1, 0.15) is 0 Å². The van der Waals surface area contributed by atoms with Crippen molar-refractivity contribution in [2.45, 2.75) is 25.4 Å². The zero-order chi connectivity index (χ0) is 10.5. The first-order valence-electron chi connectivity index (χ1n) is 5.56. The lowest BCUT2D eigenvalue weighted by atomic mass is 10.1. The van der Waals surface area contributed by atoms with Gasteiger partial charge in [-0.2, -0.15) is 0 Å². The van der Waals surface area contributed by atoms with Crippen molar-refractivity contribution in [2.24, 2.45) is 0 Å². The van der Waals surface area contributed by atoms with Gasteiger partial charge in [-0.3, -0.25) is 0 Å². The molecule has 2 nitrogen and oxygen atoms in total. The van der Waals surface area contributed by atoms with Crippen LogP contribution in [0.15, 0.2) is 42.6 Å². The average Bonchev–Trinajstić information content (AvgIpc) is 2.81.